The van der Waals surface area contributed by atoms with Crippen LogP contribution in [0.2, 0.25) is 0 Å². The van der Waals surface area contributed by atoms with Crippen LogP contribution < -0.4 is 5.73 Å². The number of nitrogens with zero attached hydrogens (tertiary/aromatic N) is 2. The van der Waals surface area contributed by atoms with Crippen molar-refractivity contribution in [3.05, 3.63) is 30.1 Å². The summed E-state index contributed by atoms with van der Waals surface area (Å²) >= 11 is 4.87. The van der Waals surface area contributed by atoms with E-state index < -0.39 is 0 Å². The van der Waals surface area contributed by atoms with Crippen molar-refractivity contribution >= 4 is 28.2 Å². The van der Waals surface area contributed by atoms with E-state index in [1.54, 1.807) is 0 Å². The summed E-state index contributed by atoms with van der Waals surface area (Å²) in [5.41, 5.74) is 7.72. The summed E-state index contributed by atoms with van der Waals surface area (Å²) in [6.45, 7) is 2.95. The van der Waals surface area contributed by atoms with Crippen LogP contribution in [0.5, 0.6) is 0 Å². The predicted octanol–water partition coefficient (Wildman–Crippen LogP) is 2.41. The summed E-state index contributed by atoms with van der Waals surface area (Å²) in [5.74, 6) is 1.05. The van der Waals surface area contributed by atoms with Gasteiger partial charge in [-0.25, -0.2) is 4.98 Å². The first-order chi connectivity index (χ1) is 7.68. The highest BCUT2D eigenvalue weighted by Gasteiger charge is 2.05. The number of aryl methyl sites for hydroxylation is 2. The van der Waals surface area contributed by atoms with Crippen LogP contribution in [-0.4, -0.2) is 14.5 Å². The molecule has 0 fully saturated rings. The van der Waals surface area contributed by atoms with Crippen LogP contribution in [0, 0.1) is 6.92 Å². The van der Waals surface area contributed by atoms with E-state index in [0.29, 0.717) is 4.99 Å². The van der Waals surface area contributed by atoms with Gasteiger partial charge in [0, 0.05) is 6.54 Å². The van der Waals surface area contributed by atoms with Crippen molar-refractivity contribution < 1.29 is 0 Å². The van der Waals surface area contributed by atoms with Crippen molar-refractivity contribution in [3.63, 3.8) is 0 Å². The van der Waals surface area contributed by atoms with E-state index in [0.717, 1.165) is 30.7 Å². The lowest BCUT2D eigenvalue weighted by Crippen LogP contribution is -2.09. The third-order valence-electron chi connectivity index (χ3n) is 2.65. The van der Waals surface area contributed by atoms with Gasteiger partial charge in [-0.05, 0) is 31.9 Å². The first kappa shape index (κ1) is 11.1. The topological polar surface area (TPSA) is 43.8 Å². The van der Waals surface area contributed by atoms with E-state index in [4.69, 9.17) is 18.0 Å². The number of hydrogen-bond acceptors (Lipinski definition) is 2. The maximum atomic E-state index is 5.49. The van der Waals surface area contributed by atoms with Crippen molar-refractivity contribution in [2.24, 2.45) is 5.73 Å². The smallest absolute Gasteiger partial charge is 0.106 e. The van der Waals surface area contributed by atoms with Gasteiger partial charge in [-0.3, -0.25) is 0 Å². The van der Waals surface area contributed by atoms with Crippen molar-refractivity contribution in [2.75, 3.05) is 0 Å². The maximum Gasteiger partial charge on any atom is 0.106 e. The Morgan fingerprint density at radius 2 is 2.19 bits per heavy atom. The Morgan fingerprint density at radius 3 is 2.94 bits per heavy atom. The van der Waals surface area contributed by atoms with Gasteiger partial charge in [0.2, 0.25) is 0 Å². The fourth-order valence-corrected chi connectivity index (χ4v) is 2.03. The molecular weight excluding hydrogens is 218 g/mol. The molecule has 0 bridgehead atoms. The van der Waals surface area contributed by atoms with Crippen LogP contribution in [0.25, 0.3) is 11.0 Å². The molecule has 0 radical (unpaired) electrons. The average molecular weight is 233 g/mol. The summed E-state index contributed by atoms with van der Waals surface area (Å²) in [4.78, 5) is 5.09. The number of thiocarbonyl (C=S) groups is 1. The number of nitrogens with two attached hydrogens (primary N) is 1. The SMILES string of the molecule is Cc1nc2ccccc2n1CCCC(N)=S. The molecule has 4 heteroatoms. The second-order valence-electron chi connectivity index (χ2n) is 3.87. The number of aromatic nitrogens is 2. The lowest BCUT2D eigenvalue weighted by atomic mass is 10.3. The Labute approximate surface area is 100 Å². The van der Waals surface area contributed by atoms with Gasteiger partial charge in [-0.1, -0.05) is 24.4 Å². The molecule has 2 N–H and O–H groups in total. The molecular formula is C12H15N3S. The fraction of sp³-hybridized carbons (Fsp3) is 0.333. The number of rotatable bonds is 4. The van der Waals surface area contributed by atoms with E-state index in [1.807, 2.05) is 25.1 Å². The number of fused-ring (bicyclic) bond motifs is 1. The quantitative estimate of drug-likeness (QED) is 0.825. The van der Waals surface area contributed by atoms with Gasteiger partial charge in [0.15, 0.2) is 0 Å². The van der Waals surface area contributed by atoms with Gasteiger partial charge in [-0.2, -0.15) is 0 Å². The third-order valence-corrected chi connectivity index (χ3v) is 2.85. The zero-order valence-electron chi connectivity index (χ0n) is 9.31. The van der Waals surface area contributed by atoms with E-state index in [-0.39, 0.29) is 0 Å². The summed E-state index contributed by atoms with van der Waals surface area (Å²) in [7, 11) is 0. The second-order valence-corrected chi connectivity index (χ2v) is 4.39. The van der Waals surface area contributed by atoms with Crippen LogP contribution >= 0.6 is 12.2 Å². The molecule has 0 amide bonds. The summed E-state index contributed by atoms with van der Waals surface area (Å²) in [6.07, 6.45) is 1.76. The van der Waals surface area contributed by atoms with E-state index in [1.165, 1.54) is 5.52 Å². The Morgan fingerprint density at radius 1 is 1.44 bits per heavy atom. The lowest BCUT2D eigenvalue weighted by molar-refractivity contribution is 0.657. The van der Waals surface area contributed by atoms with Crippen LogP contribution in [0.1, 0.15) is 18.7 Å². The highest BCUT2D eigenvalue weighted by molar-refractivity contribution is 7.80. The van der Waals surface area contributed by atoms with Gasteiger partial charge in [-0.15, -0.1) is 0 Å². The standard InChI is InChI=1S/C12H15N3S/c1-9-14-10-5-2-3-6-11(10)15(9)8-4-7-12(13)16/h2-3,5-6H,4,7-8H2,1H3,(H2,13,16). The minimum Gasteiger partial charge on any atom is -0.393 e. The maximum absolute atomic E-state index is 5.49. The second kappa shape index (κ2) is 4.61. The molecule has 0 atom stereocenters. The summed E-state index contributed by atoms with van der Waals surface area (Å²) < 4.78 is 2.22. The number of benzene rings is 1. The van der Waals surface area contributed by atoms with Gasteiger partial charge >= 0.3 is 0 Å². The highest BCUT2D eigenvalue weighted by atomic mass is 32.1. The Bertz CT molecular complexity index is 516. The molecule has 1 aromatic heterocycles. The van der Waals surface area contributed by atoms with Crippen LogP contribution in [0.3, 0.4) is 0 Å². The van der Waals surface area contributed by atoms with Gasteiger partial charge < -0.3 is 10.3 Å². The molecule has 2 aromatic rings. The zero-order chi connectivity index (χ0) is 11.5. The molecule has 0 unspecified atom stereocenters. The monoisotopic (exact) mass is 233 g/mol. The molecule has 2 rings (SSSR count). The van der Waals surface area contributed by atoms with Gasteiger partial charge in [0.05, 0.1) is 16.0 Å². The lowest BCUT2D eigenvalue weighted by Gasteiger charge is -2.05. The first-order valence-corrected chi connectivity index (χ1v) is 5.79. The van der Waals surface area contributed by atoms with Crippen LogP contribution in [-0.2, 0) is 6.54 Å². The molecule has 1 heterocycles. The zero-order valence-corrected chi connectivity index (χ0v) is 10.1. The van der Waals surface area contributed by atoms with Crippen LogP contribution in [0.4, 0.5) is 0 Å². The first-order valence-electron chi connectivity index (χ1n) is 5.38. The minimum absolute atomic E-state index is 0.585. The molecule has 0 saturated heterocycles. The fourth-order valence-electron chi connectivity index (χ4n) is 1.89. The largest absolute Gasteiger partial charge is 0.393 e. The Balaban J connectivity index is 2.22. The Hall–Kier alpha value is -1.42. The average Bonchev–Trinajstić information content (AvgIpc) is 2.55. The molecule has 0 spiro atoms. The van der Waals surface area contributed by atoms with Gasteiger partial charge in [0.1, 0.15) is 5.82 Å². The summed E-state index contributed by atoms with van der Waals surface area (Å²) in [5, 5.41) is 0. The van der Waals surface area contributed by atoms with Crippen molar-refractivity contribution in [2.45, 2.75) is 26.3 Å². The molecule has 0 aliphatic rings. The minimum atomic E-state index is 0.585. The van der Waals surface area contributed by atoms with Gasteiger partial charge in [0.25, 0.3) is 0 Å². The third kappa shape index (κ3) is 2.22. The molecule has 3 nitrogen and oxygen atoms in total. The van der Waals surface area contributed by atoms with Crippen molar-refractivity contribution in [3.8, 4) is 0 Å². The van der Waals surface area contributed by atoms with Crippen LogP contribution in [0.15, 0.2) is 24.3 Å². The highest BCUT2D eigenvalue weighted by Crippen LogP contribution is 2.16. The molecule has 0 aliphatic carbocycles. The van der Waals surface area contributed by atoms with Crippen molar-refractivity contribution in [1.82, 2.24) is 9.55 Å². The molecule has 1 aromatic carbocycles. The summed E-state index contributed by atoms with van der Waals surface area (Å²) in [6, 6.07) is 8.17. The number of imidazole rings is 1. The molecule has 0 aliphatic heterocycles. The predicted molar refractivity (Wildman–Crippen MR) is 70.5 cm³/mol. The van der Waals surface area contributed by atoms with E-state index in [2.05, 4.69) is 15.6 Å². The van der Waals surface area contributed by atoms with E-state index in [9.17, 15) is 0 Å². The molecule has 0 saturated carbocycles. The van der Waals surface area contributed by atoms with E-state index >= 15 is 0 Å². The molecule has 84 valence electrons. The number of hydrogen-bond donors (Lipinski definition) is 1. The number of para-hydroxylation sites is 2. The Kier molecular flexibility index (Phi) is 3.19. The molecule has 16 heavy (non-hydrogen) atoms. The normalized spacial score (nSPS) is 10.8. The van der Waals surface area contributed by atoms with Crippen molar-refractivity contribution in [1.29, 1.82) is 0 Å².